The molecule has 1 N–H and O–H groups in total. The number of hydrogen-bond donors (Lipinski definition) is 1. The highest BCUT2D eigenvalue weighted by Gasteiger charge is 2.24. The summed E-state index contributed by atoms with van der Waals surface area (Å²) in [5.41, 5.74) is 2.74. The molecular weight excluding hydrogens is 170 g/mol. The lowest BCUT2D eigenvalue weighted by molar-refractivity contribution is 0.576. The molecule has 14 heavy (non-hydrogen) atoms. The van der Waals surface area contributed by atoms with E-state index in [1.54, 1.807) is 0 Å². The van der Waals surface area contributed by atoms with Crippen LogP contribution in [0.3, 0.4) is 0 Å². The van der Waals surface area contributed by atoms with Gasteiger partial charge in [-0.2, -0.15) is 0 Å². The monoisotopic (exact) mass is 183 g/mol. The Labute approximate surface area is 84.1 Å². The van der Waals surface area contributed by atoms with Crippen LogP contribution in [0.1, 0.15) is 5.56 Å². The quantitative estimate of drug-likeness (QED) is 0.652. The molecule has 0 radical (unpaired) electrons. The van der Waals surface area contributed by atoms with Crippen molar-refractivity contribution in [2.45, 2.75) is 12.5 Å². The molecule has 1 aliphatic carbocycles. The van der Waals surface area contributed by atoms with E-state index in [4.69, 9.17) is 0 Å². The molecular formula is C13H13N. The zero-order chi connectivity index (χ0) is 9.38. The summed E-state index contributed by atoms with van der Waals surface area (Å²) in [6, 6.07) is 9.08. The van der Waals surface area contributed by atoms with Crippen molar-refractivity contribution in [3.63, 3.8) is 0 Å². The Morgan fingerprint density at radius 1 is 1.07 bits per heavy atom. The Balaban J connectivity index is 2.00. The predicted molar refractivity (Wildman–Crippen MR) is 59.3 cm³/mol. The third-order valence-electron chi connectivity index (χ3n) is 3.04. The van der Waals surface area contributed by atoms with Gasteiger partial charge in [-0.05, 0) is 18.1 Å². The number of rotatable bonds is 0. The summed E-state index contributed by atoms with van der Waals surface area (Å²) in [5, 5.41) is 3.56. The van der Waals surface area contributed by atoms with E-state index in [9.17, 15) is 0 Å². The summed E-state index contributed by atoms with van der Waals surface area (Å²) in [5.74, 6) is 0.634. The normalized spacial score (nSPS) is 27.7. The van der Waals surface area contributed by atoms with E-state index in [1.807, 2.05) is 0 Å². The van der Waals surface area contributed by atoms with Crippen molar-refractivity contribution in [3.8, 4) is 0 Å². The molecule has 0 saturated heterocycles. The Bertz CT molecular complexity index is 364. The van der Waals surface area contributed by atoms with Gasteiger partial charge in [-0.25, -0.2) is 0 Å². The summed E-state index contributed by atoms with van der Waals surface area (Å²) >= 11 is 0. The number of nitrogens with one attached hydrogen (secondary N) is 1. The van der Waals surface area contributed by atoms with Crippen LogP contribution in [0.15, 0.2) is 48.6 Å². The number of allylic oxidation sites excluding steroid dienone is 2. The first-order valence-electron chi connectivity index (χ1n) is 5.13. The summed E-state index contributed by atoms with van der Waals surface area (Å²) in [6.45, 7) is 0. The molecule has 0 bridgehead atoms. The van der Waals surface area contributed by atoms with Gasteiger partial charge in [-0.15, -0.1) is 0 Å². The lowest BCUT2D eigenvalue weighted by Gasteiger charge is -2.32. The average Bonchev–Trinajstić information content (AvgIpc) is 2.26. The van der Waals surface area contributed by atoms with Gasteiger partial charge in [0.15, 0.2) is 0 Å². The maximum atomic E-state index is 3.56. The smallest absolute Gasteiger partial charge is 0.0513 e. The molecule has 2 aliphatic rings. The third-order valence-corrected chi connectivity index (χ3v) is 3.04. The fraction of sp³-hybridized carbons (Fsp3) is 0.231. The largest absolute Gasteiger partial charge is 0.378 e. The highest BCUT2D eigenvalue weighted by atomic mass is 14.9. The van der Waals surface area contributed by atoms with Gasteiger partial charge in [-0.3, -0.25) is 0 Å². The Morgan fingerprint density at radius 2 is 1.93 bits per heavy atom. The van der Waals surface area contributed by atoms with Crippen molar-refractivity contribution in [2.75, 3.05) is 5.32 Å². The summed E-state index contributed by atoms with van der Waals surface area (Å²) < 4.78 is 0. The fourth-order valence-electron chi connectivity index (χ4n) is 2.28. The number of para-hydroxylation sites is 1. The minimum atomic E-state index is 0.495. The van der Waals surface area contributed by atoms with E-state index in [0.717, 1.165) is 6.42 Å². The Kier molecular flexibility index (Phi) is 1.69. The predicted octanol–water partition coefficient (Wildman–Crippen LogP) is 2.77. The average molecular weight is 183 g/mol. The molecule has 0 saturated carbocycles. The zero-order valence-corrected chi connectivity index (χ0v) is 7.98. The molecule has 2 atom stereocenters. The molecule has 0 amide bonds. The van der Waals surface area contributed by atoms with E-state index in [2.05, 4.69) is 53.9 Å². The number of fused-ring (bicyclic) bond motifs is 2. The summed E-state index contributed by atoms with van der Waals surface area (Å²) in [6.07, 6.45) is 9.99. The lowest BCUT2D eigenvalue weighted by Crippen LogP contribution is -2.33. The van der Waals surface area contributed by atoms with Crippen molar-refractivity contribution in [3.05, 3.63) is 54.1 Å². The van der Waals surface area contributed by atoms with E-state index in [1.165, 1.54) is 11.3 Å². The van der Waals surface area contributed by atoms with Gasteiger partial charge in [-0.1, -0.05) is 42.5 Å². The van der Waals surface area contributed by atoms with Crippen molar-refractivity contribution in [1.82, 2.24) is 0 Å². The van der Waals surface area contributed by atoms with E-state index in [0.29, 0.717) is 12.0 Å². The SMILES string of the molecule is C1=CC2Cc3ccccc3NC2C=C1. The first-order chi connectivity index (χ1) is 6.93. The van der Waals surface area contributed by atoms with Gasteiger partial charge in [0, 0.05) is 11.6 Å². The van der Waals surface area contributed by atoms with Crippen LogP contribution in [0.5, 0.6) is 0 Å². The summed E-state index contributed by atoms with van der Waals surface area (Å²) in [7, 11) is 0. The second-order valence-corrected chi connectivity index (χ2v) is 3.97. The molecule has 1 aromatic carbocycles. The first kappa shape index (κ1) is 7.86. The number of anilines is 1. The maximum Gasteiger partial charge on any atom is 0.0513 e. The standard InChI is InChI=1S/C13H13N/c1-3-7-12-10(5-1)9-11-6-2-4-8-13(11)14-12/h1-8,10,12,14H,9H2. The minimum absolute atomic E-state index is 0.495. The highest BCUT2D eigenvalue weighted by molar-refractivity contribution is 5.56. The van der Waals surface area contributed by atoms with Crippen molar-refractivity contribution in [1.29, 1.82) is 0 Å². The van der Waals surface area contributed by atoms with Gasteiger partial charge < -0.3 is 5.32 Å². The van der Waals surface area contributed by atoms with Crippen LogP contribution in [0.4, 0.5) is 5.69 Å². The Hall–Kier alpha value is -1.50. The van der Waals surface area contributed by atoms with Crippen molar-refractivity contribution < 1.29 is 0 Å². The van der Waals surface area contributed by atoms with Gasteiger partial charge >= 0.3 is 0 Å². The van der Waals surface area contributed by atoms with Crippen LogP contribution in [-0.2, 0) is 6.42 Å². The van der Waals surface area contributed by atoms with E-state index in [-0.39, 0.29) is 0 Å². The van der Waals surface area contributed by atoms with Gasteiger partial charge in [0.25, 0.3) is 0 Å². The van der Waals surface area contributed by atoms with E-state index < -0.39 is 0 Å². The molecule has 1 heteroatoms. The van der Waals surface area contributed by atoms with Crippen LogP contribution >= 0.6 is 0 Å². The van der Waals surface area contributed by atoms with Crippen LogP contribution in [0, 0.1) is 5.92 Å². The molecule has 0 spiro atoms. The second kappa shape index (κ2) is 3.02. The molecule has 1 aromatic rings. The molecule has 1 nitrogen and oxygen atoms in total. The fourth-order valence-corrected chi connectivity index (χ4v) is 2.28. The third kappa shape index (κ3) is 1.17. The highest BCUT2D eigenvalue weighted by Crippen LogP contribution is 2.30. The summed E-state index contributed by atoms with van der Waals surface area (Å²) in [4.78, 5) is 0. The van der Waals surface area contributed by atoms with Crippen LogP contribution in [0.2, 0.25) is 0 Å². The Morgan fingerprint density at radius 3 is 2.93 bits per heavy atom. The van der Waals surface area contributed by atoms with Crippen molar-refractivity contribution >= 4 is 5.69 Å². The van der Waals surface area contributed by atoms with Gasteiger partial charge in [0.1, 0.15) is 0 Å². The van der Waals surface area contributed by atoms with Gasteiger partial charge in [0.05, 0.1) is 6.04 Å². The molecule has 1 aliphatic heterocycles. The zero-order valence-electron chi connectivity index (χ0n) is 7.98. The maximum absolute atomic E-state index is 3.56. The van der Waals surface area contributed by atoms with Crippen LogP contribution in [0.25, 0.3) is 0 Å². The lowest BCUT2D eigenvalue weighted by atomic mass is 9.85. The molecule has 3 rings (SSSR count). The topological polar surface area (TPSA) is 12.0 Å². The molecule has 0 aromatic heterocycles. The van der Waals surface area contributed by atoms with Gasteiger partial charge in [0.2, 0.25) is 0 Å². The minimum Gasteiger partial charge on any atom is -0.378 e. The second-order valence-electron chi connectivity index (χ2n) is 3.97. The first-order valence-corrected chi connectivity index (χ1v) is 5.13. The molecule has 70 valence electrons. The van der Waals surface area contributed by atoms with Crippen LogP contribution in [-0.4, -0.2) is 6.04 Å². The number of hydrogen-bond acceptors (Lipinski definition) is 1. The number of benzene rings is 1. The molecule has 0 fully saturated rings. The van der Waals surface area contributed by atoms with E-state index >= 15 is 0 Å². The van der Waals surface area contributed by atoms with Crippen molar-refractivity contribution in [2.24, 2.45) is 5.92 Å². The molecule has 2 unspecified atom stereocenters. The van der Waals surface area contributed by atoms with Crippen LogP contribution < -0.4 is 5.32 Å². The molecule has 1 heterocycles.